The van der Waals surface area contributed by atoms with Crippen LogP contribution in [0.1, 0.15) is 30.4 Å². The van der Waals surface area contributed by atoms with Crippen molar-refractivity contribution in [1.82, 2.24) is 5.43 Å². The van der Waals surface area contributed by atoms with Crippen molar-refractivity contribution in [2.75, 3.05) is 0 Å². The molecule has 0 aliphatic rings. The molecule has 3 N–H and O–H groups in total. The molecule has 2 atom stereocenters. The van der Waals surface area contributed by atoms with E-state index in [0.717, 1.165) is 23.4 Å². The van der Waals surface area contributed by atoms with Gasteiger partial charge in [0.05, 0.1) is 0 Å². The van der Waals surface area contributed by atoms with E-state index in [0.29, 0.717) is 10.9 Å². The zero-order chi connectivity index (χ0) is 15.2. The Morgan fingerprint density at radius 1 is 1.10 bits per heavy atom. The first kappa shape index (κ1) is 16.3. The molecule has 4 heteroatoms. The molecule has 21 heavy (non-hydrogen) atoms. The summed E-state index contributed by atoms with van der Waals surface area (Å²) in [6.45, 7) is 2.17. The van der Waals surface area contributed by atoms with Crippen LogP contribution >= 0.6 is 23.2 Å². The topological polar surface area (TPSA) is 38.0 Å². The molecule has 2 unspecified atom stereocenters. The molecular weight excluding hydrogens is 303 g/mol. The average molecular weight is 323 g/mol. The molecule has 2 nitrogen and oxygen atoms in total. The molecule has 0 aliphatic heterocycles. The minimum atomic E-state index is 0.105. The highest BCUT2D eigenvalue weighted by Gasteiger charge is 2.21. The van der Waals surface area contributed by atoms with Gasteiger partial charge in [0.15, 0.2) is 0 Å². The van der Waals surface area contributed by atoms with Crippen molar-refractivity contribution < 1.29 is 0 Å². The van der Waals surface area contributed by atoms with Crippen LogP contribution < -0.4 is 11.3 Å². The second kappa shape index (κ2) is 7.81. The second-order valence-electron chi connectivity index (χ2n) is 5.14. The first-order valence-corrected chi connectivity index (χ1v) is 7.86. The molecule has 2 aromatic carbocycles. The van der Waals surface area contributed by atoms with Crippen LogP contribution in [0.2, 0.25) is 10.0 Å². The maximum Gasteiger partial charge on any atom is 0.0439 e. The van der Waals surface area contributed by atoms with Crippen LogP contribution in [0.4, 0.5) is 0 Å². The molecule has 0 aliphatic carbocycles. The van der Waals surface area contributed by atoms with Gasteiger partial charge in [0, 0.05) is 22.0 Å². The summed E-state index contributed by atoms with van der Waals surface area (Å²) in [5.41, 5.74) is 5.24. The summed E-state index contributed by atoms with van der Waals surface area (Å²) in [7, 11) is 0. The van der Waals surface area contributed by atoms with Crippen molar-refractivity contribution >= 4 is 23.2 Å². The fraction of sp³-hybridized carbons (Fsp3) is 0.294. The smallest absolute Gasteiger partial charge is 0.0439 e. The SMILES string of the molecule is CCC(c1ccccc1)C(Cc1cc(Cl)ccc1Cl)NN. The predicted octanol–water partition coefficient (Wildman–Crippen LogP) is 4.56. The number of nitrogens with two attached hydrogens (primary N) is 1. The maximum atomic E-state index is 6.26. The number of benzene rings is 2. The summed E-state index contributed by atoms with van der Waals surface area (Å²) in [6.07, 6.45) is 1.74. The van der Waals surface area contributed by atoms with Gasteiger partial charge in [-0.3, -0.25) is 11.3 Å². The van der Waals surface area contributed by atoms with E-state index >= 15 is 0 Å². The standard InChI is InChI=1S/C17H20Cl2N2/c1-2-15(12-6-4-3-5-7-12)17(21-20)11-13-10-14(18)8-9-16(13)19/h3-10,15,17,21H,2,11,20H2,1H3. The Morgan fingerprint density at radius 2 is 1.81 bits per heavy atom. The van der Waals surface area contributed by atoms with Gasteiger partial charge in [-0.05, 0) is 42.2 Å². The van der Waals surface area contributed by atoms with Crippen LogP contribution in [-0.2, 0) is 6.42 Å². The van der Waals surface area contributed by atoms with Gasteiger partial charge in [0.25, 0.3) is 0 Å². The number of halogens is 2. The van der Waals surface area contributed by atoms with Gasteiger partial charge in [-0.1, -0.05) is 60.5 Å². The van der Waals surface area contributed by atoms with Crippen molar-refractivity contribution in [1.29, 1.82) is 0 Å². The lowest BCUT2D eigenvalue weighted by Gasteiger charge is -2.26. The molecule has 112 valence electrons. The molecule has 0 saturated carbocycles. The third-order valence-corrected chi connectivity index (χ3v) is 4.42. The van der Waals surface area contributed by atoms with Crippen LogP contribution in [-0.4, -0.2) is 6.04 Å². The highest BCUT2D eigenvalue weighted by Crippen LogP contribution is 2.28. The normalized spacial score (nSPS) is 13.9. The Kier molecular flexibility index (Phi) is 6.07. The molecule has 0 radical (unpaired) electrons. The van der Waals surface area contributed by atoms with Crippen molar-refractivity contribution in [3.8, 4) is 0 Å². The van der Waals surface area contributed by atoms with E-state index in [2.05, 4.69) is 36.6 Å². The number of nitrogens with one attached hydrogen (secondary N) is 1. The fourth-order valence-corrected chi connectivity index (χ4v) is 3.10. The Labute approximate surface area is 136 Å². The maximum absolute atomic E-state index is 6.26. The molecule has 2 rings (SSSR count). The zero-order valence-electron chi connectivity index (χ0n) is 12.0. The van der Waals surface area contributed by atoms with Crippen LogP contribution in [0, 0.1) is 0 Å². The summed E-state index contributed by atoms with van der Waals surface area (Å²) >= 11 is 12.3. The molecule has 0 heterocycles. The van der Waals surface area contributed by atoms with Crippen LogP contribution in [0.25, 0.3) is 0 Å². The largest absolute Gasteiger partial charge is 0.271 e. The zero-order valence-corrected chi connectivity index (χ0v) is 13.5. The van der Waals surface area contributed by atoms with Crippen LogP contribution in [0.5, 0.6) is 0 Å². The van der Waals surface area contributed by atoms with E-state index in [4.69, 9.17) is 29.0 Å². The Hall–Kier alpha value is -1.06. The number of hydrogen-bond acceptors (Lipinski definition) is 2. The van der Waals surface area contributed by atoms with Crippen molar-refractivity contribution in [2.45, 2.75) is 31.7 Å². The van der Waals surface area contributed by atoms with Gasteiger partial charge in [0.2, 0.25) is 0 Å². The minimum absolute atomic E-state index is 0.105. The summed E-state index contributed by atoms with van der Waals surface area (Å²) < 4.78 is 0. The third-order valence-electron chi connectivity index (χ3n) is 3.81. The Morgan fingerprint density at radius 3 is 2.43 bits per heavy atom. The summed E-state index contributed by atoms with van der Waals surface area (Å²) in [6, 6.07) is 16.0. The second-order valence-corrected chi connectivity index (χ2v) is 5.98. The molecule has 2 aromatic rings. The molecular formula is C17H20Cl2N2. The van der Waals surface area contributed by atoms with Gasteiger partial charge < -0.3 is 0 Å². The first-order valence-electron chi connectivity index (χ1n) is 7.10. The van der Waals surface area contributed by atoms with E-state index in [1.165, 1.54) is 5.56 Å². The number of rotatable bonds is 6. The summed E-state index contributed by atoms with van der Waals surface area (Å²) in [5.74, 6) is 6.12. The lowest BCUT2D eigenvalue weighted by molar-refractivity contribution is 0.427. The lowest BCUT2D eigenvalue weighted by atomic mass is 9.86. The highest BCUT2D eigenvalue weighted by atomic mass is 35.5. The van der Waals surface area contributed by atoms with E-state index in [1.807, 2.05) is 18.2 Å². The monoisotopic (exact) mass is 322 g/mol. The van der Waals surface area contributed by atoms with E-state index in [1.54, 1.807) is 6.07 Å². The van der Waals surface area contributed by atoms with Gasteiger partial charge >= 0.3 is 0 Å². The van der Waals surface area contributed by atoms with Crippen molar-refractivity contribution in [2.24, 2.45) is 5.84 Å². The fourth-order valence-electron chi connectivity index (χ4n) is 2.71. The first-order chi connectivity index (χ1) is 10.2. The molecule has 0 fully saturated rings. The van der Waals surface area contributed by atoms with E-state index in [-0.39, 0.29) is 6.04 Å². The van der Waals surface area contributed by atoms with Gasteiger partial charge in [-0.25, -0.2) is 0 Å². The van der Waals surface area contributed by atoms with Gasteiger partial charge in [0.1, 0.15) is 0 Å². The summed E-state index contributed by atoms with van der Waals surface area (Å²) in [4.78, 5) is 0. The number of hydrogen-bond donors (Lipinski definition) is 2. The molecule has 0 amide bonds. The number of hydrazine groups is 1. The lowest BCUT2D eigenvalue weighted by Crippen LogP contribution is -2.41. The van der Waals surface area contributed by atoms with Crippen LogP contribution in [0.3, 0.4) is 0 Å². The Balaban J connectivity index is 2.24. The molecule has 0 saturated heterocycles. The third kappa shape index (κ3) is 4.21. The van der Waals surface area contributed by atoms with Gasteiger partial charge in [-0.15, -0.1) is 0 Å². The summed E-state index contributed by atoms with van der Waals surface area (Å²) in [5, 5.41) is 1.42. The van der Waals surface area contributed by atoms with E-state index in [9.17, 15) is 0 Å². The predicted molar refractivity (Wildman–Crippen MR) is 90.8 cm³/mol. The van der Waals surface area contributed by atoms with E-state index < -0.39 is 0 Å². The van der Waals surface area contributed by atoms with Crippen molar-refractivity contribution in [3.05, 3.63) is 69.7 Å². The molecule has 0 aromatic heterocycles. The Bertz CT molecular complexity index is 572. The minimum Gasteiger partial charge on any atom is -0.271 e. The molecule has 0 spiro atoms. The van der Waals surface area contributed by atoms with Crippen molar-refractivity contribution in [3.63, 3.8) is 0 Å². The van der Waals surface area contributed by atoms with Gasteiger partial charge in [-0.2, -0.15) is 0 Å². The highest BCUT2D eigenvalue weighted by molar-refractivity contribution is 6.33. The average Bonchev–Trinajstić information content (AvgIpc) is 2.51. The van der Waals surface area contributed by atoms with Crippen LogP contribution in [0.15, 0.2) is 48.5 Å². The molecule has 0 bridgehead atoms. The quantitative estimate of drug-likeness (QED) is 0.604.